The SMILES string of the molecule is CC(C)(C)[C@H](c1cc(-c2cc(F)ccc2F)cn1Cc1ccccc1)N(CC[C@H](N)C(=O)NCCC(=O)NCCCC(=O)C(CC(=O)O)SC[C@H](N)C(=O)O)C(=O)CO. The number of thioether (sulfide) groups is 1. The fourth-order valence-corrected chi connectivity index (χ4v) is 7.54. The molecule has 3 rings (SSSR count). The number of rotatable bonds is 24. The summed E-state index contributed by atoms with van der Waals surface area (Å²) in [6.45, 7) is 5.12. The van der Waals surface area contributed by atoms with Crippen LogP contribution in [0, 0.1) is 17.0 Å². The Hall–Kier alpha value is -5.17. The first kappa shape index (κ1) is 48.2. The highest BCUT2D eigenvalue weighted by atomic mass is 32.2. The minimum absolute atomic E-state index is 0.0292. The molecule has 3 aromatic rings. The van der Waals surface area contributed by atoms with E-state index < -0.39 is 88.9 Å². The molecule has 0 radical (unpaired) electrons. The molecular formula is C41H54F2N6O9S. The Bertz CT molecular complexity index is 1920. The molecule has 0 saturated heterocycles. The highest BCUT2D eigenvalue weighted by Gasteiger charge is 2.37. The molecule has 59 heavy (non-hydrogen) atoms. The third-order valence-corrected chi connectivity index (χ3v) is 10.7. The number of carboxylic acid groups (broad SMARTS) is 2. The van der Waals surface area contributed by atoms with Crippen LogP contribution >= 0.6 is 11.8 Å². The quantitative estimate of drug-likeness (QED) is 0.0644. The van der Waals surface area contributed by atoms with E-state index in [9.17, 15) is 38.3 Å². The Balaban J connectivity index is 1.64. The lowest BCUT2D eigenvalue weighted by Crippen LogP contribution is -2.47. The van der Waals surface area contributed by atoms with Gasteiger partial charge in [-0.05, 0) is 48.1 Å². The van der Waals surface area contributed by atoms with Gasteiger partial charge in [0.1, 0.15) is 30.1 Å². The number of aliphatic hydroxyl groups is 1. The lowest BCUT2D eigenvalue weighted by Gasteiger charge is -2.41. The van der Waals surface area contributed by atoms with Crippen molar-refractivity contribution in [1.29, 1.82) is 0 Å². The van der Waals surface area contributed by atoms with Crippen LogP contribution in [-0.4, -0.2) is 110 Å². The standard InChI is InChI=1S/C41H54F2N6O9S/c1-41(2,3)38(32-18-26(28-19-27(42)11-12-29(28)43)22-48(32)21-25-8-5-4-6-9-25)49(36(53)23-50)17-14-30(44)39(56)47-16-13-35(52)46-15-7-10-33(51)34(20-37(54)55)59-24-31(45)40(57)58/h4-6,8-9,11-12,18-19,22,30-31,34,38,50H,7,10,13-17,20-21,23-24,44-45H2,1-3H3,(H,46,52)(H,47,56)(H,54,55)(H,57,58)/t30-,31-,34?,38-/m0/s1. The number of carbonyl (C=O) groups is 6. The average molecular weight is 845 g/mol. The molecule has 1 unspecified atom stereocenters. The first-order valence-electron chi connectivity index (χ1n) is 19.1. The van der Waals surface area contributed by atoms with Crippen LogP contribution in [-0.2, 0) is 35.3 Å². The fraction of sp³-hybridized carbons (Fsp3) is 0.463. The van der Waals surface area contributed by atoms with Crippen molar-refractivity contribution in [2.75, 3.05) is 32.0 Å². The fourth-order valence-electron chi connectivity index (χ4n) is 6.40. The number of aromatic nitrogens is 1. The number of aliphatic carboxylic acids is 2. The van der Waals surface area contributed by atoms with Crippen LogP contribution in [0.4, 0.5) is 8.78 Å². The summed E-state index contributed by atoms with van der Waals surface area (Å²) >= 11 is 0.857. The largest absolute Gasteiger partial charge is 0.481 e. The van der Waals surface area contributed by atoms with Crippen LogP contribution in [0.15, 0.2) is 60.8 Å². The zero-order chi connectivity index (χ0) is 43.9. The molecule has 2 aromatic carbocycles. The Morgan fingerprint density at radius 3 is 2.24 bits per heavy atom. The van der Waals surface area contributed by atoms with Crippen molar-refractivity contribution in [1.82, 2.24) is 20.1 Å². The molecule has 0 fully saturated rings. The van der Waals surface area contributed by atoms with Crippen LogP contribution in [0.5, 0.6) is 0 Å². The lowest BCUT2D eigenvalue weighted by atomic mass is 9.82. The molecule has 0 saturated carbocycles. The first-order chi connectivity index (χ1) is 27.8. The van der Waals surface area contributed by atoms with E-state index in [2.05, 4.69) is 10.6 Å². The van der Waals surface area contributed by atoms with Gasteiger partial charge < -0.3 is 46.9 Å². The number of carboxylic acids is 2. The van der Waals surface area contributed by atoms with Crippen molar-refractivity contribution in [3.05, 3.63) is 83.7 Å². The molecule has 3 amide bonds. The Morgan fingerprint density at radius 2 is 1.61 bits per heavy atom. The molecule has 1 heterocycles. The Labute approximate surface area is 345 Å². The van der Waals surface area contributed by atoms with Crippen molar-refractivity contribution < 1.29 is 52.9 Å². The maximum absolute atomic E-state index is 15.0. The predicted molar refractivity (Wildman–Crippen MR) is 218 cm³/mol. The molecule has 0 spiro atoms. The van der Waals surface area contributed by atoms with Crippen molar-refractivity contribution in [2.24, 2.45) is 16.9 Å². The number of carbonyl (C=O) groups excluding carboxylic acids is 4. The molecule has 322 valence electrons. The molecule has 0 bridgehead atoms. The number of amides is 3. The molecule has 9 N–H and O–H groups in total. The van der Waals surface area contributed by atoms with Crippen LogP contribution < -0.4 is 22.1 Å². The Morgan fingerprint density at radius 1 is 0.915 bits per heavy atom. The van der Waals surface area contributed by atoms with E-state index in [1.165, 1.54) is 4.90 Å². The van der Waals surface area contributed by atoms with Crippen molar-refractivity contribution in [3.8, 4) is 11.1 Å². The number of halogens is 2. The van der Waals surface area contributed by atoms with Crippen LogP contribution in [0.2, 0.25) is 0 Å². The number of nitrogens with two attached hydrogens (primary N) is 2. The van der Waals surface area contributed by atoms with Crippen LogP contribution in [0.25, 0.3) is 11.1 Å². The van der Waals surface area contributed by atoms with Gasteiger partial charge >= 0.3 is 11.9 Å². The van der Waals surface area contributed by atoms with Gasteiger partial charge in [0.15, 0.2) is 0 Å². The van der Waals surface area contributed by atoms with Gasteiger partial charge in [0.2, 0.25) is 17.7 Å². The van der Waals surface area contributed by atoms with E-state index in [0.717, 1.165) is 35.5 Å². The maximum Gasteiger partial charge on any atom is 0.321 e. The summed E-state index contributed by atoms with van der Waals surface area (Å²) in [6.07, 6.45) is 1.18. The zero-order valence-electron chi connectivity index (χ0n) is 33.4. The van der Waals surface area contributed by atoms with E-state index >= 15 is 4.39 Å². The van der Waals surface area contributed by atoms with Gasteiger partial charge in [-0.3, -0.25) is 28.8 Å². The van der Waals surface area contributed by atoms with Crippen molar-refractivity contribution in [2.45, 2.75) is 82.8 Å². The summed E-state index contributed by atoms with van der Waals surface area (Å²) in [6, 6.07) is 11.2. The van der Waals surface area contributed by atoms with Gasteiger partial charge in [-0.25, -0.2) is 8.78 Å². The first-order valence-corrected chi connectivity index (χ1v) is 20.1. The monoisotopic (exact) mass is 844 g/mol. The summed E-state index contributed by atoms with van der Waals surface area (Å²) in [4.78, 5) is 75.0. The number of aliphatic hydroxyl groups excluding tert-OH is 1. The smallest absolute Gasteiger partial charge is 0.321 e. The summed E-state index contributed by atoms with van der Waals surface area (Å²) < 4.78 is 31.2. The van der Waals surface area contributed by atoms with Crippen LogP contribution in [0.1, 0.15) is 70.2 Å². The highest BCUT2D eigenvalue weighted by molar-refractivity contribution is 8.00. The van der Waals surface area contributed by atoms with E-state index in [4.69, 9.17) is 21.7 Å². The number of ketones is 1. The summed E-state index contributed by atoms with van der Waals surface area (Å²) in [5, 5.41) is 32.4. The van der Waals surface area contributed by atoms with E-state index in [0.29, 0.717) is 17.8 Å². The number of hydrogen-bond acceptors (Lipinski definition) is 10. The topological polar surface area (TPSA) is 247 Å². The molecule has 0 aliphatic rings. The second-order valence-electron chi connectivity index (χ2n) is 15.1. The Kier molecular flexibility index (Phi) is 18.7. The normalized spacial score (nSPS) is 13.5. The molecule has 1 aromatic heterocycles. The van der Waals surface area contributed by atoms with Crippen LogP contribution in [0.3, 0.4) is 0 Å². The number of nitrogens with one attached hydrogen (secondary N) is 2. The van der Waals surface area contributed by atoms with E-state index in [1.807, 2.05) is 55.7 Å². The minimum Gasteiger partial charge on any atom is -0.481 e. The molecular weight excluding hydrogens is 791 g/mol. The van der Waals surface area contributed by atoms with E-state index in [1.54, 1.807) is 12.3 Å². The van der Waals surface area contributed by atoms with Gasteiger partial charge in [-0.2, -0.15) is 0 Å². The lowest BCUT2D eigenvalue weighted by molar-refractivity contribution is -0.140. The summed E-state index contributed by atoms with van der Waals surface area (Å²) in [7, 11) is 0. The second-order valence-corrected chi connectivity index (χ2v) is 16.4. The predicted octanol–water partition coefficient (Wildman–Crippen LogP) is 3.07. The molecule has 0 aliphatic heterocycles. The minimum atomic E-state index is -1.27. The van der Waals surface area contributed by atoms with Gasteiger partial charge in [0.05, 0.1) is 23.8 Å². The number of hydrogen-bond donors (Lipinski definition) is 7. The molecule has 4 atom stereocenters. The summed E-state index contributed by atoms with van der Waals surface area (Å²) in [5.41, 5.74) is 12.9. The van der Waals surface area contributed by atoms with E-state index in [-0.39, 0.29) is 56.6 Å². The molecule has 18 heteroatoms. The van der Waals surface area contributed by atoms with Gasteiger partial charge in [-0.15, -0.1) is 11.8 Å². The van der Waals surface area contributed by atoms with Gasteiger partial charge in [0.25, 0.3) is 0 Å². The third kappa shape index (κ3) is 15.2. The second kappa shape index (κ2) is 22.8. The zero-order valence-corrected chi connectivity index (χ0v) is 34.2. The van der Waals surface area contributed by atoms with Gasteiger partial charge in [-0.1, -0.05) is 51.1 Å². The number of Topliss-reactive ketones (excluding diaryl/α,β-unsaturated/α-hetero) is 1. The highest BCUT2D eigenvalue weighted by Crippen LogP contribution is 2.41. The molecule has 0 aliphatic carbocycles. The van der Waals surface area contributed by atoms with Gasteiger partial charge in [0, 0.05) is 67.8 Å². The number of nitrogens with zero attached hydrogens (tertiary/aromatic N) is 2. The third-order valence-electron chi connectivity index (χ3n) is 9.34. The summed E-state index contributed by atoms with van der Waals surface area (Å²) in [5.74, 6) is -5.96. The van der Waals surface area contributed by atoms with Crippen molar-refractivity contribution in [3.63, 3.8) is 0 Å². The maximum atomic E-state index is 15.0. The van der Waals surface area contributed by atoms with Crippen molar-refractivity contribution >= 4 is 47.2 Å². The number of benzene rings is 2. The average Bonchev–Trinajstić information content (AvgIpc) is 3.58. The molecule has 15 nitrogen and oxygen atoms in total.